The molecule has 0 aliphatic rings. The number of aliphatic hydroxyl groups excluding tert-OH is 1. The normalized spacial score (nSPS) is 11.8. The Labute approximate surface area is 107 Å². The molecule has 18 heavy (non-hydrogen) atoms. The highest BCUT2D eigenvalue weighted by molar-refractivity contribution is 7.89. The van der Waals surface area contributed by atoms with Crippen LogP contribution in [0.3, 0.4) is 0 Å². The second kappa shape index (κ2) is 5.55. The van der Waals surface area contributed by atoms with Gasteiger partial charge < -0.3 is 15.7 Å². The Kier molecular flexibility index (Phi) is 4.55. The molecule has 0 bridgehead atoms. The fourth-order valence-electron chi connectivity index (χ4n) is 1.76. The third-order valence-electron chi connectivity index (χ3n) is 2.56. The molecule has 0 amide bonds. The van der Waals surface area contributed by atoms with Crippen molar-refractivity contribution in [3.8, 4) is 0 Å². The van der Waals surface area contributed by atoms with Crippen LogP contribution in [-0.4, -0.2) is 32.7 Å². The molecule has 0 aliphatic carbocycles. The first-order valence-corrected chi connectivity index (χ1v) is 7.12. The van der Waals surface area contributed by atoms with Gasteiger partial charge in [0.2, 0.25) is 10.0 Å². The van der Waals surface area contributed by atoms with Gasteiger partial charge in [0.1, 0.15) is 4.90 Å². The zero-order valence-corrected chi connectivity index (χ0v) is 11.3. The summed E-state index contributed by atoms with van der Waals surface area (Å²) < 4.78 is 23.1. The van der Waals surface area contributed by atoms with Crippen molar-refractivity contribution in [3.05, 3.63) is 18.2 Å². The number of hydrogen-bond acceptors (Lipinski definition) is 5. The van der Waals surface area contributed by atoms with Gasteiger partial charge in [-0.3, -0.25) is 0 Å². The minimum Gasteiger partial charge on any atom is -0.399 e. The number of benzene rings is 1. The Morgan fingerprint density at radius 3 is 2.44 bits per heavy atom. The average molecular weight is 273 g/mol. The van der Waals surface area contributed by atoms with Gasteiger partial charge in [-0.2, -0.15) is 0 Å². The maximum atomic E-state index is 11.6. The summed E-state index contributed by atoms with van der Waals surface area (Å²) in [5.74, 6) is 0. The maximum absolute atomic E-state index is 11.6. The lowest BCUT2D eigenvalue weighted by Crippen LogP contribution is -2.35. The van der Waals surface area contributed by atoms with Crippen LogP contribution in [0.15, 0.2) is 23.1 Å². The van der Waals surface area contributed by atoms with Gasteiger partial charge in [0, 0.05) is 18.3 Å². The summed E-state index contributed by atoms with van der Waals surface area (Å²) in [5, 5.41) is 14.2. The van der Waals surface area contributed by atoms with Crippen molar-refractivity contribution in [1.82, 2.24) is 0 Å². The number of sulfonamides is 1. The number of rotatable bonds is 5. The number of nitrogens with zero attached hydrogens (tertiary/aromatic N) is 1. The minimum absolute atomic E-state index is 0.0235. The Morgan fingerprint density at radius 1 is 1.39 bits per heavy atom. The van der Waals surface area contributed by atoms with Gasteiger partial charge in [-0.25, -0.2) is 13.6 Å². The number of nitrogen functional groups attached to an aromatic ring is 1. The molecule has 6 nitrogen and oxygen atoms in total. The summed E-state index contributed by atoms with van der Waals surface area (Å²) in [5.41, 5.74) is 6.37. The second-order valence-corrected chi connectivity index (χ2v) is 5.81. The molecule has 0 fully saturated rings. The van der Waals surface area contributed by atoms with E-state index < -0.39 is 10.0 Å². The summed E-state index contributed by atoms with van der Waals surface area (Å²) in [7, 11) is -3.86. The minimum atomic E-state index is -3.86. The largest absolute Gasteiger partial charge is 0.399 e. The summed E-state index contributed by atoms with van der Waals surface area (Å²) in [6.07, 6.45) is 0. The number of primary sulfonamides is 1. The first-order chi connectivity index (χ1) is 8.27. The van der Waals surface area contributed by atoms with Crippen molar-refractivity contribution in [2.24, 2.45) is 5.14 Å². The standard InChI is InChI=1S/C11H19N3O3S/c1-8(2)14(5-6-15)10-4-3-9(12)7-11(10)18(13,16)17/h3-4,7-8,15H,5-6,12H2,1-2H3,(H2,13,16,17). The molecule has 7 heteroatoms. The van der Waals surface area contributed by atoms with Gasteiger partial charge in [-0.15, -0.1) is 0 Å². The first-order valence-electron chi connectivity index (χ1n) is 5.57. The van der Waals surface area contributed by atoms with Crippen molar-refractivity contribution in [3.63, 3.8) is 0 Å². The molecular formula is C11H19N3O3S. The molecule has 0 aromatic heterocycles. The highest BCUT2D eigenvalue weighted by atomic mass is 32.2. The Morgan fingerprint density at radius 2 is 2.00 bits per heavy atom. The monoisotopic (exact) mass is 273 g/mol. The zero-order valence-electron chi connectivity index (χ0n) is 10.5. The molecule has 0 atom stereocenters. The summed E-state index contributed by atoms with van der Waals surface area (Å²) in [6.45, 7) is 4.05. The number of nitrogens with two attached hydrogens (primary N) is 2. The van der Waals surface area contributed by atoms with Crippen LogP contribution in [0.5, 0.6) is 0 Å². The molecule has 1 aromatic carbocycles. The smallest absolute Gasteiger partial charge is 0.240 e. The van der Waals surface area contributed by atoms with Crippen molar-refractivity contribution >= 4 is 21.4 Å². The SMILES string of the molecule is CC(C)N(CCO)c1ccc(N)cc1S(N)(=O)=O. The van der Waals surface area contributed by atoms with Crippen molar-refractivity contribution < 1.29 is 13.5 Å². The zero-order chi connectivity index (χ0) is 13.9. The summed E-state index contributed by atoms with van der Waals surface area (Å²) in [6, 6.07) is 4.57. The molecule has 0 radical (unpaired) electrons. The maximum Gasteiger partial charge on any atom is 0.240 e. The molecule has 0 saturated heterocycles. The fraction of sp³-hybridized carbons (Fsp3) is 0.455. The predicted molar refractivity (Wildman–Crippen MR) is 71.8 cm³/mol. The molecule has 102 valence electrons. The predicted octanol–water partition coefficient (Wildman–Crippen LogP) is 0.123. The number of aliphatic hydroxyl groups is 1. The van der Waals surface area contributed by atoms with E-state index in [1.807, 2.05) is 13.8 Å². The molecule has 1 aromatic rings. The van der Waals surface area contributed by atoms with Crippen LogP contribution < -0.4 is 15.8 Å². The van der Waals surface area contributed by atoms with Crippen LogP contribution in [0.25, 0.3) is 0 Å². The fourth-order valence-corrected chi connectivity index (χ4v) is 2.54. The first kappa shape index (κ1) is 14.7. The second-order valence-electron chi connectivity index (χ2n) is 4.28. The van der Waals surface area contributed by atoms with Crippen LogP contribution in [0, 0.1) is 0 Å². The molecule has 0 unspecified atom stereocenters. The summed E-state index contributed by atoms with van der Waals surface area (Å²) in [4.78, 5) is 1.74. The Hall–Kier alpha value is -1.31. The van der Waals surface area contributed by atoms with Gasteiger partial charge in [0.05, 0.1) is 12.3 Å². The van der Waals surface area contributed by atoms with E-state index in [1.165, 1.54) is 6.07 Å². The lowest BCUT2D eigenvalue weighted by atomic mass is 10.2. The Balaban J connectivity index is 3.38. The van der Waals surface area contributed by atoms with Gasteiger partial charge in [-0.1, -0.05) is 0 Å². The molecule has 0 heterocycles. The van der Waals surface area contributed by atoms with Crippen molar-refractivity contribution in [2.75, 3.05) is 23.8 Å². The summed E-state index contributed by atoms with van der Waals surface area (Å²) >= 11 is 0. The van der Waals surface area contributed by atoms with Crippen LogP contribution in [0.4, 0.5) is 11.4 Å². The van der Waals surface area contributed by atoms with E-state index in [0.717, 1.165) is 0 Å². The molecule has 0 aliphatic heterocycles. The van der Waals surface area contributed by atoms with E-state index in [2.05, 4.69) is 0 Å². The van der Waals surface area contributed by atoms with E-state index in [4.69, 9.17) is 16.0 Å². The van der Waals surface area contributed by atoms with E-state index in [0.29, 0.717) is 17.9 Å². The topological polar surface area (TPSA) is 110 Å². The van der Waals surface area contributed by atoms with E-state index >= 15 is 0 Å². The highest BCUT2D eigenvalue weighted by Gasteiger charge is 2.20. The van der Waals surface area contributed by atoms with Gasteiger partial charge in [-0.05, 0) is 32.0 Å². The van der Waals surface area contributed by atoms with Crippen molar-refractivity contribution in [2.45, 2.75) is 24.8 Å². The third kappa shape index (κ3) is 3.34. The quantitative estimate of drug-likeness (QED) is 0.660. The number of anilines is 2. The van der Waals surface area contributed by atoms with Gasteiger partial charge >= 0.3 is 0 Å². The van der Waals surface area contributed by atoms with Gasteiger partial charge in [0.25, 0.3) is 0 Å². The van der Waals surface area contributed by atoms with Crippen molar-refractivity contribution in [1.29, 1.82) is 0 Å². The van der Waals surface area contributed by atoms with E-state index in [1.54, 1.807) is 17.0 Å². The molecule has 1 rings (SSSR count). The van der Waals surface area contributed by atoms with Gasteiger partial charge in [0.15, 0.2) is 0 Å². The highest BCUT2D eigenvalue weighted by Crippen LogP contribution is 2.27. The van der Waals surface area contributed by atoms with Crippen LogP contribution >= 0.6 is 0 Å². The Bertz CT molecular complexity index is 514. The van der Waals surface area contributed by atoms with Crippen LogP contribution in [-0.2, 0) is 10.0 Å². The molecule has 0 saturated carbocycles. The van der Waals surface area contributed by atoms with E-state index in [-0.39, 0.29) is 17.5 Å². The molecular weight excluding hydrogens is 254 g/mol. The molecule has 0 spiro atoms. The van der Waals surface area contributed by atoms with E-state index in [9.17, 15) is 8.42 Å². The third-order valence-corrected chi connectivity index (χ3v) is 3.50. The molecule has 5 N–H and O–H groups in total. The lowest BCUT2D eigenvalue weighted by molar-refractivity contribution is 0.299. The lowest BCUT2D eigenvalue weighted by Gasteiger charge is -2.29. The average Bonchev–Trinajstić information content (AvgIpc) is 2.24. The number of hydrogen-bond donors (Lipinski definition) is 3. The van der Waals surface area contributed by atoms with Crippen LogP contribution in [0.1, 0.15) is 13.8 Å². The van der Waals surface area contributed by atoms with Crippen LogP contribution in [0.2, 0.25) is 0 Å².